The van der Waals surface area contributed by atoms with Gasteiger partial charge in [0.15, 0.2) is 5.17 Å². The molecule has 0 bridgehead atoms. The lowest BCUT2D eigenvalue weighted by Gasteiger charge is -2.47. The van der Waals surface area contributed by atoms with E-state index >= 15 is 0 Å². The highest BCUT2D eigenvalue weighted by molar-refractivity contribution is 9.09. The summed E-state index contributed by atoms with van der Waals surface area (Å²) in [4.78, 5) is 56.3. The van der Waals surface area contributed by atoms with Gasteiger partial charge in [0.1, 0.15) is 47.2 Å². The van der Waals surface area contributed by atoms with E-state index in [1.165, 1.54) is 39.5 Å². The number of alkyl halides is 1. The van der Waals surface area contributed by atoms with Crippen LogP contribution in [0.3, 0.4) is 0 Å². The van der Waals surface area contributed by atoms with E-state index in [0.29, 0.717) is 6.42 Å². The Kier molecular flexibility index (Phi) is 29.6. The van der Waals surface area contributed by atoms with E-state index in [0.717, 1.165) is 11.8 Å². The monoisotopic (exact) mass is 1170 g/mol. The lowest BCUT2D eigenvalue weighted by Crippen LogP contribution is -3.00. The Bertz CT molecular complexity index is 1980. The lowest BCUT2D eigenvalue weighted by molar-refractivity contribution is -0.173. The zero-order chi connectivity index (χ0) is 53.0. The lowest BCUT2D eigenvalue weighted by atomic mass is 9.85. The Labute approximate surface area is 440 Å². The molecule has 0 saturated carbocycles. The maximum Gasteiger partial charge on any atom is 0.303 e. The molecule has 400 valence electrons. The topological polar surface area (TPSA) is 387 Å². The smallest absolute Gasteiger partial charge is 0.303 e. The van der Waals surface area contributed by atoms with Crippen LogP contribution in [0.1, 0.15) is 89.5 Å². The fraction of sp³-hybridized carbons (Fsp3) is 0.878. The minimum atomic E-state index is -0.687. The van der Waals surface area contributed by atoms with E-state index < -0.39 is 58.6 Å². The van der Waals surface area contributed by atoms with Crippen molar-refractivity contribution in [2.24, 2.45) is 67.6 Å². The van der Waals surface area contributed by atoms with E-state index in [2.05, 4.69) is 56.0 Å². The third-order valence-electron chi connectivity index (χ3n) is 12.5. The Balaban J connectivity index is 0.000000569. The van der Waals surface area contributed by atoms with E-state index in [-0.39, 0.29) is 125 Å². The first-order chi connectivity index (χ1) is 33.0. The molecular formula is C41H67Br2N14O12S2-. The van der Waals surface area contributed by atoms with Gasteiger partial charge < -0.3 is 60.6 Å². The molecule has 0 aromatic rings. The van der Waals surface area contributed by atoms with E-state index in [4.69, 9.17) is 71.2 Å². The van der Waals surface area contributed by atoms with Crippen molar-refractivity contribution in [1.82, 2.24) is 0 Å². The van der Waals surface area contributed by atoms with Crippen LogP contribution in [0.5, 0.6) is 0 Å². The number of thioether (sulfide) groups is 2. The number of nitrogens with two attached hydrogens (primary N) is 1. The largest absolute Gasteiger partial charge is 1.00 e. The van der Waals surface area contributed by atoms with Crippen molar-refractivity contribution in [3.63, 3.8) is 0 Å². The van der Waals surface area contributed by atoms with Crippen molar-refractivity contribution in [3.05, 3.63) is 41.8 Å². The van der Waals surface area contributed by atoms with Crippen molar-refractivity contribution in [2.75, 3.05) is 19.8 Å². The summed E-state index contributed by atoms with van der Waals surface area (Å²) in [7, 11) is 0. The summed E-state index contributed by atoms with van der Waals surface area (Å²) in [5.41, 5.74) is 39.6. The number of halogens is 2. The number of hydrogen-bond acceptors (Lipinski definition) is 19. The van der Waals surface area contributed by atoms with E-state index in [1.54, 1.807) is 0 Å². The first-order valence-electron chi connectivity index (χ1n) is 22.6. The van der Waals surface area contributed by atoms with Gasteiger partial charge in [-0.3, -0.25) is 24.6 Å². The number of nitrogens with one attached hydrogen (secondary N) is 1. The standard InChI is InChI=1S/C20H32N6O6S.C11H19N5O3S.C10H16BrN3O3.BrH/c1-7-14-18(30-13(6)28)17(24-26-22)11(4)20(31-14)33-19-10(3)16(23-25-21)9(2)15(32-19)8-29-12(5)27;1-5-8(4-18-7(3)17)19-10(20-11(12)13)6(2)9(5)15-16-14;1-5-8(4-16-7(3)15)17-10(11)6(2)9(5)13-14-12;/h9-11,14-20H,7-8H2,1-6H3;5-6,8-10H,4H2,1-3H3,(H3,12,13);5-6,8-10H,4H2,1-3H3;1H/p-1/t9-,10?,11?,14?,15?,16-,17?,18-,19-,20-;2*5-,6?,8?,9-,10-;/m000./s1. The molecular weight excluding hydrogens is 1100 g/mol. The second kappa shape index (κ2) is 32.3. The van der Waals surface area contributed by atoms with Gasteiger partial charge in [-0.2, -0.15) is 0 Å². The van der Waals surface area contributed by atoms with E-state index in [9.17, 15) is 19.2 Å². The summed E-state index contributed by atoms with van der Waals surface area (Å²) >= 11 is 5.87. The van der Waals surface area contributed by atoms with Gasteiger partial charge in [-0.25, -0.2) is 0 Å². The van der Waals surface area contributed by atoms with Crippen LogP contribution in [0, 0.1) is 46.8 Å². The van der Waals surface area contributed by atoms with Gasteiger partial charge in [0.25, 0.3) is 0 Å². The molecule has 30 heteroatoms. The van der Waals surface area contributed by atoms with Gasteiger partial charge in [-0.05, 0) is 46.3 Å². The number of hydrogen-bond donors (Lipinski definition) is 2. The summed E-state index contributed by atoms with van der Waals surface area (Å²) in [6.45, 7) is 20.9. The van der Waals surface area contributed by atoms with Crippen LogP contribution >= 0.6 is 39.5 Å². The number of rotatable bonds is 15. The second-order valence-electron chi connectivity index (χ2n) is 17.5. The number of carbonyl (C=O) groups is 4. The van der Waals surface area contributed by atoms with Crippen LogP contribution in [0.4, 0.5) is 0 Å². The highest BCUT2D eigenvalue weighted by Crippen LogP contribution is 2.45. The predicted molar refractivity (Wildman–Crippen MR) is 262 cm³/mol. The molecule has 0 radical (unpaired) electrons. The molecule has 26 nitrogen and oxygen atoms in total. The molecule has 0 amide bonds. The number of nitrogens with zero attached hydrogens (tertiary/aromatic N) is 12. The summed E-state index contributed by atoms with van der Waals surface area (Å²) in [5.74, 6) is -2.34. The molecule has 0 aliphatic carbocycles. The van der Waals surface area contributed by atoms with Crippen LogP contribution in [0.2, 0.25) is 0 Å². The van der Waals surface area contributed by atoms with Gasteiger partial charge in [-0.15, -0.1) is 0 Å². The Hall–Kier alpha value is -3.91. The van der Waals surface area contributed by atoms with Crippen LogP contribution < -0.4 is 22.7 Å². The number of esters is 4. The normalized spacial score (nSPS) is 36.0. The number of carbonyl (C=O) groups excluding carboxylic acids is 4. The minimum absolute atomic E-state index is 0. The fourth-order valence-electron chi connectivity index (χ4n) is 8.46. The van der Waals surface area contributed by atoms with Gasteiger partial charge in [-0.1, -0.05) is 115 Å². The Morgan fingerprint density at radius 3 is 1.27 bits per heavy atom. The zero-order valence-corrected chi connectivity index (χ0v) is 46.6. The molecule has 4 aliphatic heterocycles. The SMILES string of the molecule is CC(=O)OCC1O[C@@H](SC(=N)N)C(C)[C@@H](N=[N+]=[N-])[C@H]1C.CC(=O)OCC1O[C@H](Br)C(C)[C@@H](N=[N+]=[N-])[C@H]1C.CCC1O[C@@H](S[C@@H]2OC(COC(C)=O)[C@H](C)[C@H](N=[N+]=[N-])C2C)C(C)C(N=[N+]=[N-])[C@H]1OC(C)=O.[Br-]. The molecule has 4 fully saturated rings. The van der Waals surface area contributed by atoms with Crippen LogP contribution in [-0.4, -0.2) is 125 Å². The molecule has 71 heavy (non-hydrogen) atoms. The maximum absolute atomic E-state index is 11.6. The van der Waals surface area contributed by atoms with Gasteiger partial charge in [0.05, 0.1) is 30.5 Å². The zero-order valence-electron chi connectivity index (χ0n) is 41.8. The molecule has 3 N–H and O–H groups in total. The summed E-state index contributed by atoms with van der Waals surface area (Å²) in [6.07, 6.45) is -1.69. The summed E-state index contributed by atoms with van der Waals surface area (Å²) in [6, 6.07) is -1.45. The van der Waals surface area contributed by atoms with Crippen LogP contribution in [0.15, 0.2) is 20.5 Å². The Morgan fingerprint density at radius 2 is 0.901 bits per heavy atom. The molecule has 4 heterocycles. The minimum Gasteiger partial charge on any atom is -1.00 e. The van der Waals surface area contributed by atoms with Crippen LogP contribution in [0.25, 0.3) is 41.8 Å². The molecule has 20 atom stereocenters. The average Bonchev–Trinajstić information content (AvgIpc) is 3.29. The number of azide groups is 4. The van der Waals surface area contributed by atoms with Crippen molar-refractivity contribution in [2.45, 2.75) is 166 Å². The highest BCUT2D eigenvalue weighted by atomic mass is 79.9. The quantitative estimate of drug-likeness (QED) is 0.0285. The van der Waals surface area contributed by atoms with Gasteiger partial charge in [0, 0.05) is 89.1 Å². The predicted octanol–water partition coefficient (Wildman–Crippen LogP) is 5.82. The van der Waals surface area contributed by atoms with Crippen molar-refractivity contribution in [1.29, 1.82) is 5.41 Å². The molecule has 0 spiro atoms. The number of ether oxygens (including phenoxy) is 8. The van der Waals surface area contributed by atoms with E-state index in [1.807, 2.05) is 55.4 Å². The fourth-order valence-corrected chi connectivity index (χ4v) is 11.4. The van der Waals surface area contributed by atoms with Gasteiger partial charge >= 0.3 is 23.9 Å². The van der Waals surface area contributed by atoms with Crippen molar-refractivity contribution < 1.29 is 74.1 Å². The second-order valence-corrected chi connectivity index (χ2v) is 20.7. The Morgan fingerprint density at radius 1 is 0.563 bits per heavy atom. The first-order valence-corrected chi connectivity index (χ1v) is 25.4. The van der Waals surface area contributed by atoms with Crippen molar-refractivity contribution >= 4 is 68.5 Å². The maximum atomic E-state index is 11.6. The van der Waals surface area contributed by atoms with Crippen molar-refractivity contribution in [3.8, 4) is 0 Å². The molecule has 4 aliphatic rings. The van der Waals surface area contributed by atoms with Crippen LogP contribution in [-0.2, 0) is 57.1 Å². The average molecular weight is 1170 g/mol. The number of amidine groups is 1. The molecule has 4 rings (SSSR count). The molecule has 0 aromatic heterocycles. The third kappa shape index (κ3) is 19.8. The molecule has 4 saturated heterocycles. The van der Waals surface area contributed by atoms with Gasteiger partial charge in [0.2, 0.25) is 0 Å². The first kappa shape index (κ1) is 65.1. The third-order valence-corrected chi connectivity index (χ3v) is 16.2. The summed E-state index contributed by atoms with van der Waals surface area (Å²) < 4.78 is 44.6. The molecule has 0 aromatic carbocycles. The molecule has 9 unspecified atom stereocenters. The summed E-state index contributed by atoms with van der Waals surface area (Å²) in [5, 5.41) is 22.6. The highest BCUT2D eigenvalue weighted by Gasteiger charge is 2.49.